The van der Waals surface area contributed by atoms with Gasteiger partial charge in [-0.1, -0.05) is 20.8 Å². The first-order valence-corrected chi connectivity index (χ1v) is 9.73. The maximum atomic E-state index is 13.3. The van der Waals surface area contributed by atoms with Crippen LogP contribution in [0.2, 0.25) is 0 Å². The molecule has 0 aliphatic heterocycles. The van der Waals surface area contributed by atoms with E-state index in [-0.39, 0.29) is 11.2 Å². The molecule has 2 heterocycles. The Morgan fingerprint density at radius 3 is 2.54 bits per heavy atom. The van der Waals surface area contributed by atoms with Crippen molar-refractivity contribution in [3.05, 3.63) is 65.9 Å². The Bertz CT molecular complexity index is 962. The van der Waals surface area contributed by atoms with E-state index in [2.05, 4.69) is 31.1 Å². The largest absolute Gasteiger partial charge is 0.340 e. The van der Waals surface area contributed by atoms with E-state index in [9.17, 15) is 4.39 Å². The second-order valence-electron chi connectivity index (χ2n) is 8.50. The molecule has 4 nitrogen and oxygen atoms in total. The predicted molar refractivity (Wildman–Crippen MR) is 110 cm³/mol. The number of halogens is 1. The van der Waals surface area contributed by atoms with Crippen molar-refractivity contribution in [1.29, 1.82) is 0 Å². The topological polar surface area (TPSA) is 50.7 Å². The summed E-state index contributed by atoms with van der Waals surface area (Å²) in [6.45, 7) is 6.88. The molecule has 5 heteroatoms. The highest BCUT2D eigenvalue weighted by molar-refractivity contribution is 5.65. The van der Waals surface area contributed by atoms with Crippen molar-refractivity contribution in [2.45, 2.75) is 40.0 Å². The van der Waals surface area contributed by atoms with Gasteiger partial charge in [0.1, 0.15) is 11.6 Å². The molecule has 1 aliphatic carbocycles. The van der Waals surface area contributed by atoms with Gasteiger partial charge in [-0.3, -0.25) is 4.98 Å². The number of rotatable bonds is 3. The second-order valence-corrected chi connectivity index (χ2v) is 8.50. The first kappa shape index (κ1) is 18.5. The molecule has 0 unspecified atom stereocenters. The number of anilines is 2. The van der Waals surface area contributed by atoms with Gasteiger partial charge in [0.15, 0.2) is 5.82 Å². The molecule has 0 radical (unpaired) electrons. The molecule has 0 saturated carbocycles. The third-order valence-electron chi connectivity index (χ3n) is 5.52. The van der Waals surface area contributed by atoms with Gasteiger partial charge in [0, 0.05) is 34.9 Å². The molecule has 0 saturated heterocycles. The first-order valence-electron chi connectivity index (χ1n) is 9.73. The number of hydrogen-bond donors (Lipinski definition) is 1. The summed E-state index contributed by atoms with van der Waals surface area (Å²) in [4.78, 5) is 13.9. The Morgan fingerprint density at radius 1 is 1.07 bits per heavy atom. The number of benzene rings is 1. The number of aryl methyl sites for hydroxylation is 1. The molecule has 28 heavy (non-hydrogen) atoms. The van der Waals surface area contributed by atoms with Crippen LogP contribution in [0.3, 0.4) is 0 Å². The Morgan fingerprint density at radius 2 is 1.86 bits per heavy atom. The Labute approximate surface area is 165 Å². The van der Waals surface area contributed by atoms with Crippen LogP contribution >= 0.6 is 0 Å². The molecule has 3 aromatic rings. The monoisotopic (exact) mass is 376 g/mol. The van der Waals surface area contributed by atoms with Crippen LogP contribution in [0.25, 0.3) is 11.4 Å². The number of hydrogen-bond acceptors (Lipinski definition) is 4. The molecular formula is C23H25FN4. The van der Waals surface area contributed by atoms with Gasteiger partial charge in [-0.05, 0) is 67.0 Å². The second kappa shape index (κ2) is 7.30. The number of pyridine rings is 1. The SMILES string of the molecule is CC(C)(C)[C@@H]1CCc2nc(-c3cccnc3)nc(Nc3ccc(F)cc3)c2C1. The van der Waals surface area contributed by atoms with Crippen LogP contribution in [-0.4, -0.2) is 15.0 Å². The highest BCUT2D eigenvalue weighted by Crippen LogP contribution is 2.39. The van der Waals surface area contributed by atoms with Gasteiger partial charge in [-0.2, -0.15) is 0 Å². The van der Waals surface area contributed by atoms with Gasteiger partial charge in [-0.15, -0.1) is 0 Å². The fraction of sp³-hybridized carbons (Fsp3) is 0.348. The lowest BCUT2D eigenvalue weighted by atomic mass is 9.71. The zero-order valence-corrected chi connectivity index (χ0v) is 16.5. The number of nitrogens with one attached hydrogen (secondary N) is 1. The third-order valence-corrected chi connectivity index (χ3v) is 5.52. The first-order chi connectivity index (χ1) is 13.4. The standard InChI is InChI=1S/C23H25FN4/c1-23(2,3)16-6-11-20-19(13-16)22(26-18-9-7-17(24)8-10-18)28-21(27-20)15-5-4-12-25-14-15/h4-5,7-10,12,14,16H,6,11,13H2,1-3H3,(H,26,27,28)/t16-/m1/s1. The van der Waals surface area contributed by atoms with Crippen LogP contribution in [0.15, 0.2) is 48.8 Å². The molecule has 1 aliphatic rings. The third kappa shape index (κ3) is 3.88. The Balaban J connectivity index is 1.77. The quantitative estimate of drug-likeness (QED) is 0.649. The van der Waals surface area contributed by atoms with Gasteiger partial charge in [0.2, 0.25) is 0 Å². The molecule has 1 atom stereocenters. The van der Waals surface area contributed by atoms with Crippen molar-refractivity contribution in [3.63, 3.8) is 0 Å². The molecule has 1 aromatic carbocycles. The van der Waals surface area contributed by atoms with E-state index >= 15 is 0 Å². The molecular weight excluding hydrogens is 351 g/mol. The summed E-state index contributed by atoms with van der Waals surface area (Å²) < 4.78 is 13.3. The minimum absolute atomic E-state index is 0.229. The Hall–Kier alpha value is -2.82. The van der Waals surface area contributed by atoms with Gasteiger partial charge in [0.25, 0.3) is 0 Å². The van der Waals surface area contributed by atoms with E-state index in [1.807, 2.05) is 12.1 Å². The van der Waals surface area contributed by atoms with Gasteiger partial charge in [-0.25, -0.2) is 14.4 Å². The molecule has 144 valence electrons. The van der Waals surface area contributed by atoms with Crippen molar-refractivity contribution in [2.24, 2.45) is 11.3 Å². The van der Waals surface area contributed by atoms with Crippen LogP contribution in [0.4, 0.5) is 15.9 Å². The lowest BCUT2D eigenvalue weighted by Gasteiger charge is -2.35. The van der Waals surface area contributed by atoms with Crippen molar-refractivity contribution in [1.82, 2.24) is 15.0 Å². The van der Waals surface area contributed by atoms with Crippen LogP contribution < -0.4 is 5.32 Å². The lowest BCUT2D eigenvalue weighted by molar-refractivity contribution is 0.215. The number of aromatic nitrogens is 3. The van der Waals surface area contributed by atoms with E-state index in [0.717, 1.165) is 42.0 Å². The maximum Gasteiger partial charge on any atom is 0.163 e. The highest BCUT2D eigenvalue weighted by Gasteiger charge is 2.31. The summed E-state index contributed by atoms with van der Waals surface area (Å²) in [6, 6.07) is 10.2. The van der Waals surface area contributed by atoms with E-state index in [0.29, 0.717) is 11.7 Å². The smallest absolute Gasteiger partial charge is 0.163 e. The summed E-state index contributed by atoms with van der Waals surface area (Å²) in [6.07, 6.45) is 6.52. The molecule has 0 bridgehead atoms. The van der Waals surface area contributed by atoms with E-state index in [1.165, 1.54) is 17.7 Å². The van der Waals surface area contributed by atoms with Crippen molar-refractivity contribution >= 4 is 11.5 Å². The number of fused-ring (bicyclic) bond motifs is 1. The average Bonchev–Trinajstić information content (AvgIpc) is 2.69. The van der Waals surface area contributed by atoms with Crippen molar-refractivity contribution in [2.75, 3.05) is 5.32 Å². The summed E-state index contributed by atoms with van der Waals surface area (Å²) >= 11 is 0. The highest BCUT2D eigenvalue weighted by atomic mass is 19.1. The van der Waals surface area contributed by atoms with Crippen LogP contribution in [0.5, 0.6) is 0 Å². The molecule has 0 fully saturated rings. The van der Waals surface area contributed by atoms with Crippen LogP contribution in [0, 0.1) is 17.2 Å². The van der Waals surface area contributed by atoms with Gasteiger partial charge in [0.05, 0.1) is 0 Å². The van der Waals surface area contributed by atoms with E-state index in [4.69, 9.17) is 9.97 Å². The Kier molecular flexibility index (Phi) is 4.84. The summed E-state index contributed by atoms with van der Waals surface area (Å²) in [5.74, 6) is 1.80. The van der Waals surface area contributed by atoms with Gasteiger partial charge >= 0.3 is 0 Å². The zero-order chi connectivity index (χ0) is 19.7. The molecule has 0 amide bonds. The van der Waals surface area contributed by atoms with Gasteiger partial charge < -0.3 is 5.32 Å². The lowest BCUT2D eigenvalue weighted by Crippen LogP contribution is -2.28. The average molecular weight is 376 g/mol. The molecule has 1 N–H and O–H groups in total. The number of nitrogens with zero attached hydrogens (tertiary/aromatic N) is 3. The zero-order valence-electron chi connectivity index (χ0n) is 16.5. The van der Waals surface area contributed by atoms with Crippen LogP contribution in [-0.2, 0) is 12.8 Å². The van der Waals surface area contributed by atoms with Crippen LogP contribution in [0.1, 0.15) is 38.4 Å². The summed E-state index contributed by atoms with van der Waals surface area (Å²) in [5, 5.41) is 3.40. The fourth-order valence-corrected chi connectivity index (χ4v) is 3.75. The molecule has 4 rings (SSSR count). The predicted octanol–water partition coefficient (Wildman–Crippen LogP) is 5.57. The maximum absolute atomic E-state index is 13.3. The minimum atomic E-state index is -0.251. The summed E-state index contributed by atoms with van der Waals surface area (Å²) in [5.41, 5.74) is 4.21. The summed E-state index contributed by atoms with van der Waals surface area (Å²) in [7, 11) is 0. The van der Waals surface area contributed by atoms with E-state index < -0.39 is 0 Å². The molecule has 2 aromatic heterocycles. The fourth-order valence-electron chi connectivity index (χ4n) is 3.75. The normalized spacial score (nSPS) is 16.5. The van der Waals surface area contributed by atoms with Crippen molar-refractivity contribution in [3.8, 4) is 11.4 Å². The van der Waals surface area contributed by atoms with E-state index in [1.54, 1.807) is 24.5 Å². The minimum Gasteiger partial charge on any atom is -0.340 e. The van der Waals surface area contributed by atoms with Crippen molar-refractivity contribution < 1.29 is 4.39 Å². The molecule has 0 spiro atoms.